The second-order valence-electron chi connectivity index (χ2n) is 10.7. The van der Waals surface area contributed by atoms with Gasteiger partial charge in [0.25, 0.3) is 11.8 Å². The van der Waals surface area contributed by atoms with E-state index < -0.39 is 0 Å². The molecule has 3 amide bonds. The summed E-state index contributed by atoms with van der Waals surface area (Å²) in [6, 6.07) is 12.1. The molecule has 198 valence electrons. The molecule has 2 aromatic heterocycles. The molecule has 3 N–H and O–H groups in total. The van der Waals surface area contributed by atoms with Gasteiger partial charge in [0, 0.05) is 65.2 Å². The highest BCUT2D eigenvalue weighted by molar-refractivity contribution is 6.39. The summed E-state index contributed by atoms with van der Waals surface area (Å²) < 4.78 is 9.86. The van der Waals surface area contributed by atoms with Gasteiger partial charge in [-0.2, -0.15) is 0 Å². The van der Waals surface area contributed by atoms with Gasteiger partial charge in [-0.15, -0.1) is 0 Å². The molecule has 2 aliphatic rings. The predicted octanol–water partition coefficient (Wildman–Crippen LogP) is 3.53. The maximum atomic E-state index is 13.3. The van der Waals surface area contributed by atoms with Crippen LogP contribution in [0.5, 0.6) is 5.75 Å². The number of nitrogens with two attached hydrogens (primary N) is 1. The van der Waals surface area contributed by atoms with Gasteiger partial charge >= 0.3 is 0 Å². The third kappa shape index (κ3) is 3.39. The molecule has 0 radical (unpaired) electrons. The van der Waals surface area contributed by atoms with E-state index in [0.717, 1.165) is 81.7 Å². The number of piperidine rings is 1. The summed E-state index contributed by atoms with van der Waals surface area (Å²) in [7, 11) is 3.60. The van der Waals surface area contributed by atoms with E-state index in [-0.39, 0.29) is 23.6 Å². The van der Waals surface area contributed by atoms with Crippen LogP contribution in [-0.2, 0) is 18.4 Å². The summed E-state index contributed by atoms with van der Waals surface area (Å²) in [6.45, 7) is 3.07. The van der Waals surface area contributed by atoms with E-state index in [0.29, 0.717) is 17.7 Å². The lowest BCUT2D eigenvalue weighted by Gasteiger charge is -2.30. The van der Waals surface area contributed by atoms with Crippen molar-refractivity contribution in [3.8, 4) is 5.75 Å². The summed E-state index contributed by atoms with van der Waals surface area (Å²) in [4.78, 5) is 40.6. The molecule has 0 saturated carbocycles. The van der Waals surface area contributed by atoms with Crippen LogP contribution in [-0.4, -0.2) is 58.5 Å². The average molecular weight is 524 g/mol. The van der Waals surface area contributed by atoms with Gasteiger partial charge in [-0.3, -0.25) is 19.7 Å². The zero-order valence-electron chi connectivity index (χ0n) is 21.9. The molecule has 7 rings (SSSR count). The smallest absolute Gasteiger partial charge is 0.259 e. The topological polar surface area (TPSA) is 112 Å². The Morgan fingerprint density at radius 3 is 2.36 bits per heavy atom. The first-order chi connectivity index (χ1) is 18.9. The molecule has 1 fully saturated rings. The molecule has 9 nitrogen and oxygen atoms in total. The quantitative estimate of drug-likeness (QED) is 0.343. The Balaban J connectivity index is 1.51. The lowest BCUT2D eigenvalue weighted by Crippen LogP contribution is -2.39. The molecular weight excluding hydrogens is 494 g/mol. The van der Waals surface area contributed by atoms with E-state index in [2.05, 4.69) is 26.9 Å². The van der Waals surface area contributed by atoms with E-state index in [9.17, 15) is 14.4 Å². The summed E-state index contributed by atoms with van der Waals surface area (Å²) in [5.74, 6) is -0.280. The van der Waals surface area contributed by atoms with Crippen molar-refractivity contribution < 1.29 is 19.1 Å². The highest BCUT2D eigenvalue weighted by Crippen LogP contribution is 2.44. The van der Waals surface area contributed by atoms with Crippen molar-refractivity contribution >= 4 is 61.2 Å². The molecule has 0 aliphatic carbocycles. The number of primary amides is 1. The monoisotopic (exact) mass is 523 g/mol. The number of aromatic nitrogens is 2. The molecule has 1 saturated heterocycles. The highest BCUT2D eigenvalue weighted by Gasteiger charge is 2.35. The van der Waals surface area contributed by atoms with Gasteiger partial charge in [0.05, 0.1) is 34.8 Å². The van der Waals surface area contributed by atoms with Crippen molar-refractivity contribution in [3.63, 3.8) is 0 Å². The molecule has 4 heterocycles. The lowest BCUT2D eigenvalue weighted by molar-refractivity contribution is -0.123. The number of aryl methyl sites for hydroxylation is 1. The summed E-state index contributed by atoms with van der Waals surface area (Å²) in [5.41, 5.74) is 9.24. The zero-order chi connectivity index (χ0) is 27.0. The Bertz CT molecular complexity index is 1870. The van der Waals surface area contributed by atoms with Crippen LogP contribution in [0.4, 0.5) is 0 Å². The van der Waals surface area contributed by atoms with Crippen LogP contribution in [0.15, 0.2) is 42.6 Å². The minimum atomic E-state index is -0.364. The fourth-order valence-electron chi connectivity index (χ4n) is 6.68. The standard InChI is InChI=1S/C30H29N5O4/c1-33-10-7-16-3-5-20-23(26(16)33)25-24(29(37)32-30(25)38)22-19-6-4-18(39-2)15-21(19)35(27(20)22)14-13-34-11-8-17(9-12-34)28(31)36/h3-7,10,15,17H,8-9,11-14H2,1-2H3,(H2,31,36)(H,32,37,38). The zero-order valence-corrected chi connectivity index (χ0v) is 21.9. The summed E-state index contributed by atoms with van der Waals surface area (Å²) in [6.07, 6.45) is 3.51. The Labute approximate surface area is 224 Å². The highest BCUT2D eigenvalue weighted by atomic mass is 16.5. The number of nitrogens with one attached hydrogen (secondary N) is 1. The van der Waals surface area contributed by atoms with Crippen molar-refractivity contribution in [2.24, 2.45) is 18.7 Å². The van der Waals surface area contributed by atoms with Crippen LogP contribution in [0.2, 0.25) is 0 Å². The maximum Gasteiger partial charge on any atom is 0.259 e. The number of imide groups is 1. The van der Waals surface area contributed by atoms with Crippen LogP contribution in [0.25, 0.3) is 43.5 Å². The number of ether oxygens (including phenoxy) is 1. The predicted molar refractivity (Wildman–Crippen MR) is 150 cm³/mol. The number of fused-ring (bicyclic) bond motifs is 10. The van der Waals surface area contributed by atoms with Crippen LogP contribution in [0, 0.1) is 5.92 Å². The minimum Gasteiger partial charge on any atom is -0.497 e. The molecule has 39 heavy (non-hydrogen) atoms. The maximum absolute atomic E-state index is 13.3. The molecule has 5 aromatic rings. The van der Waals surface area contributed by atoms with Gasteiger partial charge in [0.2, 0.25) is 5.91 Å². The number of methoxy groups -OCH3 is 1. The van der Waals surface area contributed by atoms with E-state index in [1.54, 1.807) is 7.11 Å². The second kappa shape index (κ2) is 8.57. The van der Waals surface area contributed by atoms with Gasteiger partial charge in [-0.05, 0) is 44.1 Å². The number of hydrogen-bond acceptors (Lipinski definition) is 5. The number of likely N-dealkylation sites (tertiary alicyclic amines) is 1. The number of benzene rings is 3. The molecule has 9 heteroatoms. The van der Waals surface area contributed by atoms with E-state index >= 15 is 0 Å². The molecule has 2 aliphatic heterocycles. The van der Waals surface area contributed by atoms with Gasteiger partial charge in [0.15, 0.2) is 0 Å². The number of rotatable bonds is 5. The molecule has 0 atom stereocenters. The molecular formula is C30H29N5O4. The SMILES string of the molecule is COc1ccc2c3c4c(c5c(ccc6ccn(C)c65)c3n(CCN3CCC(C(N)=O)CC3)c2c1)C(=O)NC4=O. The first-order valence-corrected chi connectivity index (χ1v) is 13.3. The summed E-state index contributed by atoms with van der Waals surface area (Å²) >= 11 is 0. The van der Waals surface area contributed by atoms with Crippen LogP contribution in [0.1, 0.15) is 33.6 Å². The van der Waals surface area contributed by atoms with Crippen LogP contribution in [0.3, 0.4) is 0 Å². The fourth-order valence-corrected chi connectivity index (χ4v) is 6.68. The van der Waals surface area contributed by atoms with E-state index in [4.69, 9.17) is 10.5 Å². The van der Waals surface area contributed by atoms with E-state index in [1.807, 2.05) is 42.1 Å². The van der Waals surface area contributed by atoms with Gasteiger partial charge in [0.1, 0.15) is 5.75 Å². The second-order valence-corrected chi connectivity index (χ2v) is 10.7. The lowest BCUT2D eigenvalue weighted by atomic mass is 9.93. The van der Waals surface area contributed by atoms with Crippen molar-refractivity contribution in [3.05, 3.63) is 53.7 Å². The van der Waals surface area contributed by atoms with Crippen molar-refractivity contribution in [1.29, 1.82) is 0 Å². The summed E-state index contributed by atoms with van der Waals surface area (Å²) in [5, 5.41) is 7.02. The number of carbonyl (C=O) groups is 3. The Hall–Kier alpha value is -4.37. The molecule has 3 aromatic carbocycles. The molecule has 0 spiro atoms. The first kappa shape index (κ1) is 23.7. The van der Waals surface area contributed by atoms with Crippen molar-refractivity contribution in [2.45, 2.75) is 19.4 Å². The Kier molecular flexibility index (Phi) is 5.21. The number of amides is 3. The molecule has 0 unspecified atom stereocenters. The van der Waals surface area contributed by atoms with Crippen molar-refractivity contribution in [2.75, 3.05) is 26.7 Å². The minimum absolute atomic E-state index is 0.0611. The largest absolute Gasteiger partial charge is 0.497 e. The Morgan fingerprint density at radius 1 is 0.974 bits per heavy atom. The first-order valence-electron chi connectivity index (χ1n) is 13.3. The fraction of sp³-hybridized carbons (Fsp3) is 0.300. The van der Waals surface area contributed by atoms with Crippen molar-refractivity contribution in [1.82, 2.24) is 19.4 Å². The Morgan fingerprint density at radius 2 is 1.67 bits per heavy atom. The number of nitrogens with zero attached hydrogens (tertiary/aromatic N) is 3. The van der Waals surface area contributed by atoms with Gasteiger partial charge in [-0.25, -0.2) is 0 Å². The average Bonchev–Trinajstić information content (AvgIpc) is 3.57. The van der Waals surface area contributed by atoms with Gasteiger partial charge in [-0.1, -0.05) is 12.1 Å². The van der Waals surface area contributed by atoms with Crippen LogP contribution >= 0.6 is 0 Å². The number of hydrogen-bond donors (Lipinski definition) is 2. The van der Waals surface area contributed by atoms with Gasteiger partial charge < -0.3 is 24.5 Å². The molecule has 0 bridgehead atoms. The van der Waals surface area contributed by atoms with Crippen LogP contribution < -0.4 is 15.8 Å². The normalized spacial score (nSPS) is 16.6. The number of carbonyl (C=O) groups excluding carboxylic acids is 3. The third-order valence-electron chi connectivity index (χ3n) is 8.63. The third-order valence-corrected chi connectivity index (χ3v) is 8.63. The van der Waals surface area contributed by atoms with E-state index in [1.165, 1.54) is 0 Å².